The fraction of sp³-hybridized carbons (Fsp3) is 0.647. The number of hydrogen-bond acceptors (Lipinski definition) is 2. The average molecular weight is 280 g/mol. The van der Waals surface area contributed by atoms with Crippen LogP contribution in [0.15, 0.2) is 24.3 Å². The predicted molar refractivity (Wildman–Crippen MR) is 84.1 cm³/mol. The molecule has 0 heterocycles. The van der Waals surface area contributed by atoms with Gasteiger partial charge in [0.25, 0.3) is 0 Å². The van der Waals surface area contributed by atoms with Gasteiger partial charge >= 0.3 is 0 Å². The van der Waals surface area contributed by atoms with Crippen LogP contribution in [0.3, 0.4) is 0 Å². The van der Waals surface area contributed by atoms with Crippen molar-refractivity contribution < 1.29 is 4.39 Å². The van der Waals surface area contributed by atoms with Crippen LogP contribution in [0.2, 0.25) is 0 Å². The van der Waals surface area contributed by atoms with Gasteiger partial charge < -0.3 is 5.73 Å². The number of nitrogens with two attached hydrogens (primary N) is 1. The smallest absolute Gasteiger partial charge is 0.123 e. The van der Waals surface area contributed by atoms with E-state index in [9.17, 15) is 4.39 Å². The molecule has 0 aliphatic rings. The molecular formula is C17H29FN2. The molecule has 1 rings (SSSR count). The van der Waals surface area contributed by atoms with Gasteiger partial charge in [-0.3, -0.25) is 4.90 Å². The number of rotatable bonds is 7. The van der Waals surface area contributed by atoms with Gasteiger partial charge in [-0.1, -0.05) is 32.9 Å². The van der Waals surface area contributed by atoms with Gasteiger partial charge in [0.15, 0.2) is 0 Å². The van der Waals surface area contributed by atoms with Crippen LogP contribution in [0.1, 0.15) is 52.6 Å². The highest BCUT2D eigenvalue weighted by atomic mass is 19.1. The van der Waals surface area contributed by atoms with E-state index in [0.29, 0.717) is 12.0 Å². The van der Waals surface area contributed by atoms with E-state index < -0.39 is 0 Å². The van der Waals surface area contributed by atoms with E-state index >= 15 is 0 Å². The summed E-state index contributed by atoms with van der Waals surface area (Å²) in [5.41, 5.74) is 7.47. The van der Waals surface area contributed by atoms with Crippen molar-refractivity contribution in [3.8, 4) is 0 Å². The summed E-state index contributed by atoms with van der Waals surface area (Å²) in [6.07, 6.45) is 0.906. The van der Waals surface area contributed by atoms with E-state index in [-0.39, 0.29) is 17.9 Å². The van der Waals surface area contributed by atoms with Crippen LogP contribution in [-0.2, 0) is 0 Å². The van der Waals surface area contributed by atoms with Crippen LogP contribution in [-0.4, -0.2) is 23.5 Å². The first-order valence-electron chi connectivity index (χ1n) is 7.63. The normalized spacial score (nSPS) is 15.1. The van der Waals surface area contributed by atoms with Crippen LogP contribution < -0.4 is 5.73 Å². The van der Waals surface area contributed by atoms with Crippen LogP contribution >= 0.6 is 0 Å². The third-order valence-corrected chi connectivity index (χ3v) is 3.69. The van der Waals surface area contributed by atoms with Crippen molar-refractivity contribution in [3.05, 3.63) is 35.6 Å². The fourth-order valence-electron chi connectivity index (χ4n) is 2.64. The summed E-state index contributed by atoms with van der Waals surface area (Å²) in [6.45, 7) is 11.9. The minimum absolute atomic E-state index is 0.0570. The Labute approximate surface area is 123 Å². The fourth-order valence-corrected chi connectivity index (χ4v) is 2.64. The lowest BCUT2D eigenvalue weighted by atomic mass is 9.94. The van der Waals surface area contributed by atoms with Gasteiger partial charge in [-0.15, -0.1) is 0 Å². The summed E-state index contributed by atoms with van der Waals surface area (Å²) in [5.74, 6) is 0.377. The minimum atomic E-state index is -0.197. The number of benzene rings is 1. The predicted octanol–water partition coefficient (Wildman–Crippen LogP) is 3.97. The Bertz CT molecular complexity index is 386. The maximum Gasteiger partial charge on any atom is 0.123 e. The lowest BCUT2D eigenvalue weighted by Gasteiger charge is -2.39. The second-order valence-corrected chi connectivity index (χ2v) is 6.25. The largest absolute Gasteiger partial charge is 0.326 e. The SMILES string of the molecule is CCC(N)C(c1ccc(F)cc1)N(CC(C)C)C(C)C. The quantitative estimate of drug-likeness (QED) is 0.819. The molecule has 0 saturated carbocycles. The van der Waals surface area contributed by atoms with Crippen molar-refractivity contribution in [2.24, 2.45) is 11.7 Å². The summed E-state index contributed by atoms with van der Waals surface area (Å²) in [6, 6.07) is 7.39. The molecule has 2 unspecified atom stereocenters. The van der Waals surface area contributed by atoms with Crippen molar-refractivity contribution in [1.82, 2.24) is 4.90 Å². The van der Waals surface area contributed by atoms with E-state index in [1.54, 1.807) is 0 Å². The molecule has 0 aliphatic heterocycles. The molecule has 0 fully saturated rings. The van der Waals surface area contributed by atoms with Crippen molar-refractivity contribution in [2.75, 3.05) is 6.54 Å². The Morgan fingerprint density at radius 1 is 1.10 bits per heavy atom. The summed E-state index contributed by atoms with van der Waals surface area (Å²) in [7, 11) is 0. The van der Waals surface area contributed by atoms with Crippen LogP contribution in [0.4, 0.5) is 4.39 Å². The summed E-state index contributed by atoms with van der Waals surface area (Å²) >= 11 is 0. The molecule has 114 valence electrons. The van der Waals surface area contributed by atoms with Gasteiger partial charge in [-0.25, -0.2) is 4.39 Å². The molecule has 3 heteroatoms. The molecule has 0 bridgehead atoms. The van der Waals surface area contributed by atoms with Gasteiger partial charge in [0.2, 0.25) is 0 Å². The molecule has 0 aliphatic carbocycles. The molecule has 2 N–H and O–H groups in total. The van der Waals surface area contributed by atoms with E-state index in [1.807, 2.05) is 12.1 Å². The van der Waals surface area contributed by atoms with Gasteiger partial charge in [-0.05, 0) is 43.9 Å². The molecule has 1 aromatic rings. The van der Waals surface area contributed by atoms with Crippen molar-refractivity contribution >= 4 is 0 Å². The van der Waals surface area contributed by atoms with E-state index in [2.05, 4.69) is 39.5 Å². The molecule has 1 aromatic carbocycles. The summed E-state index contributed by atoms with van der Waals surface area (Å²) in [4.78, 5) is 2.44. The molecule has 2 atom stereocenters. The maximum atomic E-state index is 13.2. The Morgan fingerprint density at radius 2 is 1.65 bits per heavy atom. The van der Waals surface area contributed by atoms with E-state index in [4.69, 9.17) is 5.73 Å². The van der Waals surface area contributed by atoms with Gasteiger partial charge in [0.05, 0.1) is 6.04 Å². The van der Waals surface area contributed by atoms with Crippen molar-refractivity contribution in [3.63, 3.8) is 0 Å². The molecular weight excluding hydrogens is 251 g/mol. The van der Waals surface area contributed by atoms with Crippen LogP contribution in [0.25, 0.3) is 0 Å². The lowest BCUT2D eigenvalue weighted by molar-refractivity contribution is 0.114. The third-order valence-electron chi connectivity index (χ3n) is 3.69. The van der Waals surface area contributed by atoms with Crippen LogP contribution in [0, 0.1) is 11.7 Å². The van der Waals surface area contributed by atoms with Gasteiger partial charge in [0.1, 0.15) is 5.82 Å². The molecule has 2 nitrogen and oxygen atoms in total. The summed E-state index contributed by atoms with van der Waals surface area (Å²) in [5, 5.41) is 0. The van der Waals surface area contributed by atoms with Gasteiger partial charge in [-0.2, -0.15) is 0 Å². The average Bonchev–Trinajstić information content (AvgIpc) is 2.39. The molecule has 0 amide bonds. The zero-order valence-corrected chi connectivity index (χ0v) is 13.4. The number of nitrogens with zero attached hydrogens (tertiary/aromatic N) is 1. The Balaban J connectivity index is 3.11. The highest BCUT2D eigenvalue weighted by molar-refractivity contribution is 5.22. The standard InChI is InChI=1S/C17H29FN2/c1-6-16(19)17(14-7-9-15(18)10-8-14)20(13(4)5)11-12(2)3/h7-10,12-13,16-17H,6,11,19H2,1-5H3. The zero-order valence-electron chi connectivity index (χ0n) is 13.4. The second kappa shape index (κ2) is 7.75. The Hall–Kier alpha value is -0.930. The third kappa shape index (κ3) is 4.57. The lowest BCUT2D eigenvalue weighted by Crippen LogP contribution is -2.45. The minimum Gasteiger partial charge on any atom is -0.326 e. The number of halogens is 1. The van der Waals surface area contributed by atoms with Gasteiger partial charge in [0, 0.05) is 18.6 Å². The first kappa shape index (κ1) is 17.1. The summed E-state index contributed by atoms with van der Waals surface area (Å²) < 4.78 is 13.2. The number of hydrogen-bond donors (Lipinski definition) is 1. The highest BCUT2D eigenvalue weighted by Gasteiger charge is 2.28. The first-order chi connectivity index (χ1) is 9.36. The van der Waals surface area contributed by atoms with Crippen molar-refractivity contribution in [1.29, 1.82) is 0 Å². The second-order valence-electron chi connectivity index (χ2n) is 6.25. The maximum absolute atomic E-state index is 13.2. The molecule has 0 saturated heterocycles. The Kier molecular flexibility index (Phi) is 6.63. The zero-order chi connectivity index (χ0) is 15.3. The van der Waals surface area contributed by atoms with E-state index in [1.165, 1.54) is 12.1 Å². The van der Waals surface area contributed by atoms with Crippen LogP contribution in [0.5, 0.6) is 0 Å². The topological polar surface area (TPSA) is 29.3 Å². The molecule has 0 aromatic heterocycles. The highest BCUT2D eigenvalue weighted by Crippen LogP contribution is 2.28. The molecule has 20 heavy (non-hydrogen) atoms. The molecule has 0 spiro atoms. The van der Waals surface area contributed by atoms with E-state index in [0.717, 1.165) is 18.5 Å². The monoisotopic (exact) mass is 280 g/mol. The Morgan fingerprint density at radius 3 is 2.05 bits per heavy atom. The molecule has 0 radical (unpaired) electrons. The van der Waals surface area contributed by atoms with Crippen molar-refractivity contribution in [2.45, 2.75) is 59.2 Å². The first-order valence-corrected chi connectivity index (χ1v) is 7.63.